The Morgan fingerprint density at radius 1 is 1.35 bits per heavy atom. The number of carbonyl (C=O) groups excluding carboxylic acids is 1. The van der Waals surface area contributed by atoms with Crippen LogP contribution in [0.2, 0.25) is 0 Å². The Morgan fingerprint density at radius 2 is 2.00 bits per heavy atom. The van der Waals surface area contributed by atoms with Crippen molar-refractivity contribution in [3.05, 3.63) is 16.1 Å². The number of ether oxygens (including phenoxy) is 1. The molecule has 1 aromatic rings. The van der Waals surface area contributed by atoms with E-state index >= 15 is 0 Å². The molecule has 0 saturated heterocycles. The highest BCUT2D eigenvalue weighted by molar-refractivity contribution is 7.09. The van der Waals surface area contributed by atoms with Gasteiger partial charge in [0.15, 0.2) is 0 Å². The Kier molecular flexibility index (Phi) is 7.02. The summed E-state index contributed by atoms with van der Waals surface area (Å²) < 4.78 is 5.32. The summed E-state index contributed by atoms with van der Waals surface area (Å²) in [6, 6.07) is 0. The van der Waals surface area contributed by atoms with Crippen LogP contribution in [-0.2, 0) is 11.3 Å². The molecule has 2 N–H and O–H groups in total. The molecular formula is C17H31N3O2S. The monoisotopic (exact) mass is 341 g/mol. The Bertz CT molecular complexity index is 508. The van der Waals surface area contributed by atoms with E-state index in [9.17, 15) is 4.79 Å². The van der Waals surface area contributed by atoms with Crippen molar-refractivity contribution in [3.8, 4) is 0 Å². The highest BCUT2D eigenvalue weighted by atomic mass is 32.1. The number of carbonyl (C=O) groups is 1. The molecule has 0 aliphatic heterocycles. The van der Waals surface area contributed by atoms with Crippen molar-refractivity contribution in [1.82, 2.24) is 15.6 Å². The van der Waals surface area contributed by atoms with E-state index in [0.29, 0.717) is 12.5 Å². The van der Waals surface area contributed by atoms with Gasteiger partial charge < -0.3 is 15.4 Å². The largest absolute Gasteiger partial charge is 0.444 e. The summed E-state index contributed by atoms with van der Waals surface area (Å²) >= 11 is 1.66. The van der Waals surface area contributed by atoms with Gasteiger partial charge in [-0.1, -0.05) is 13.8 Å². The van der Waals surface area contributed by atoms with Crippen molar-refractivity contribution < 1.29 is 9.53 Å². The highest BCUT2D eigenvalue weighted by Gasteiger charge is 2.27. The Balaban J connectivity index is 2.62. The maximum atomic E-state index is 11.9. The van der Waals surface area contributed by atoms with Crippen molar-refractivity contribution in [1.29, 1.82) is 0 Å². The molecule has 1 unspecified atom stereocenters. The summed E-state index contributed by atoms with van der Waals surface area (Å²) in [4.78, 5) is 17.4. The zero-order chi connectivity index (χ0) is 17.7. The van der Waals surface area contributed by atoms with E-state index in [-0.39, 0.29) is 11.6 Å². The van der Waals surface area contributed by atoms with Crippen molar-refractivity contribution >= 4 is 17.4 Å². The fourth-order valence-electron chi connectivity index (χ4n) is 2.48. The second-order valence-corrected chi connectivity index (χ2v) is 8.67. The van der Waals surface area contributed by atoms with E-state index in [0.717, 1.165) is 18.7 Å². The summed E-state index contributed by atoms with van der Waals surface area (Å²) in [7, 11) is 0. The summed E-state index contributed by atoms with van der Waals surface area (Å²) in [6.45, 7) is 15.4. The van der Waals surface area contributed by atoms with Gasteiger partial charge in [0.2, 0.25) is 0 Å². The standard InChI is InChI=1S/C17H31N3O2S/c1-12(2)8-17(7,10-18-15(21)22-16(4,5)6)20-9-14-13(3)19-11-23-14/h11-12,20H,8-10H2,1-7H3,(H,18,21). The van der Waals surface area contributed by atoms with Gasteiger partial charge in [-0.25, -0.2) is 9.78 Å². The van der Waals surface area contributed by atoms with E-state index in [1.165, 1.54) is 4.88 Å². The van der Waals surface area contributed by atoms with Crippen LogP contribution in [0, 0.1) is 12.8 Å². The van der Waals surface area contributed by atoms with E-state index in [2.05, 4.69) is 36.4 Å². The molecule has 0 bridgehead atoms. The number of aryl methyl sites for hydroxylation is 1. The number of hydrogen-bond acceptors (Lipinski definition) is 5. The molecule has 0 aliphatic carbocycles. The van der Waals surface area contributed by atoms with Crippen molar-refractivity contribution in [2.45, 2.75) is 72.6 Å². The molecule has 1 heterocycles. The fraction of sp³-hybridized carbons (Fsp3) is 0.765. The molecule has 132 valence electrons. The van der Waals surface area contributed by atoms with Gasteiger partial charge in [0.25, 0.3) is 0 Å². The lowest BCUT2D eigenvalue weighted by Crippen LogP contribution is -2.52. The third-order valence-corrected chi connectivity index (χ3v) is 4.34. The lowest BCUT2D eigenvalue weighted by atomic mass is 9.90. The first-order valence-corrected chi connectivity index (χ1v) is 8.99. The minimum Gasteiger partial charge on any atom is -0.444 e. The Morgan fingerprint density at radius 3 is 2.48 bits per heavy atom. The lowest BCUT2D eigenvalue weighted by Gasteiger charge is -2.33. The number of hydrogen-bond donors (Lipinski definition) is 2. The summed E-state index contributed by atoms with van der Waals surface area (Å²) in [5.41, 5.74) is 2.26. The molecule has 1 amide bonds. The molecule has 0 fully saturated rings. The van der Waals surface area contributed by atoms with Gasteiger partial charge >= 0.3 is 6.09 Å². The van der Waals surface area contributed by atoms with Gasteiger partial charge in [-0.05, 0) is 47.0 Å². The van der Waals surface area contributed by atoms with E-state index in [4.69, 9.17) is 4.74 Å². The van der Waals surface area contributed by atoms with Gasteiger partial charge in [0.05, 0.1) is 11.2 Å². The quantitative estimate of drug-likeness (QED) is 0.790. The molecule has 0 aliphatic rings. The maximum Gasteiger partial charge on any atom is 0.407 e. The van der Waals surface area contributed by atoms with Gasteiger partial charge in [0, 0.05) is 23.5 Å². The molecule has 0 radical (unpaired) electrons. The van der Waals surface area contributed by atoms with Gasteiger partial charge in [-0.2, -0.15) is 0 Å². The second-order valence-electron chi connectivity index (χ2n) is 7.73. The van der Waals surface area contributed by atoms with Gasteiger partial charge in [-0.15, -0.1) is 11.3 Å². The molecule has 1 aromatic heterocycles. The van der Waals surface area contributed by atoms with Crippen molar-refractivity contribution in [3.63, 3.8) is 0 Å². The third-order valence-electron chi connectivity index (χ3n) is 3.40. The van der Waals surface area contributed by atoms with Crippen LogP contribution in [0.4, 0.5) is 4.79 Å². The fourth-order valence-corrected chi connectivity index (χ4v) is 3.20. The topological polar surface area (TPSA) is 63.2 Å². The van der Waals surface area contributed by atoms with Crippen LogP contribution in [-0.4, -0.2) is 28.8 Å². The van der Waals surface area contributed by atoms with E-state index < -0.39 is 5.60 Å². The van der Waals surface area contributed by atoms with Crippen molar-refractivity contribution in [2.75, 3.05) is 6.54 Å². The molecule has 5 nitrogen and oxygen atoms in total. The minimum absolute atomic E-state index is 0.193. The zero-order valence-corrected chi connectivity index (χ0v) is 16.3. The zero-order valence-electron chi connectivity index (χ0n) is 15.4. The summed E-state index contributed by atoms with van der Waals surface area (Å²) in [5, 5.41) is 6.48. The van der Waals surface area contributed by atoms with Crippen LogP contribution in [0.1, 0.15) is 58.5 Å². The van der Waals surface area contributed by atoms with Crippen molar-refractivity contribution in [2.24, 2.45) is 5.92 Å². The third kappa shape index (κ3) is 7.79. The average Bonchev–Trinajstić information content (AvgIpc) is 2.77. The predicted molar refractivity (Wildman–Crippen MR) is 95.8 cm³/mol. The smallest absolute Gasteiger partial charge is 0.407 e. The number of aromatic nitrogens is 1. The van der Waals surface area contributed by atoms with Crippen LogP contribution < -0.4 is 10.6 Å². The lowest BCUT2D eigenvalue weighted by molar-refractivity contribution is 0.0507. The molecule has 1 rings (SSSR count). The molecule has 1 atom stereocenters. The maximum absolute atomic E-state index is 11.9. The van der Waals surface area contributed by atoms with Crippen LogP contribution >= 0.6 is 11.3 Å². The van der Waals surface area contributed by atoms with E-state index in [1.54, 1.807) is 11.3 Å². The first kappa shape index (κ1) is 19.9. The van der Waals surface area contributed by atoms with Crippen LogP contribution in [0.3, 0.4) is 0 Å². The molecule has 23 heavy (non-hydrogen) atoms. The summed E-state index contributed by atoms with van der Waals surface area (Å²) in [6.07, 6.45) is 0.587. The number of nitrogens with zero attached hydrogens (tertiary/aromatic N) is 1. The minimum atomic E-state index is -0.480. The van der Waals surface area contributed by atoms with Gasteiger partial charge in [-0.3, -0.25) is 0 Å². The Hall–Kier alpha value is -1.14. The van der Waals surface area contributed by atoms with Crippen LogP contribution in [0.5, 0.6) is 0 Å². The SMILES string of the molecule is Cc1ncsc1CNC(C)(CNC(=O)OC(C)(C)C)CC(C)C. The Labute approximate surface area is 144 Å². The molecule has 0 aromatic carbocycles. The number of amides is 1. The number of alkyl carbamates (subject to hydrolysis) is 1. The van der Waals surface area contributed by atoms with Gasteiger partial charge in [0.1, 0.15) is 5.60 Å². The number of nitrogens with one attached hydrogen (secondary N) is 2. The normalized spacial score (nSPS) is 14.6. The van der Waals surface area contributed by atoms with E-state index in [1.807, 2.05) is 33.2 Å². The molecule has 0 spiro atoms. The first-order valence-electron chi connectivity index (χ1n) is 8.11. The molecule has 0 saturated carbocycles. The number of thiazole rings is 1. The molecule has 6 heteroatoms. The molecular weight excluding hydrogens is 310 g/mol. The predicted octanol–water partition coefficient (Wildman–Crippen LogP) is 3.87. The highest BCUT2D eigenvalue weighted by Crippen LogP contribution is 2.19. The van der Waals surface area contributed by atoms with Crippen LogP contribution in [0.15, 0.2) is 5.51 Å². The average molecular weight is 342 g/mol. The number of rotatable bonds is 7. The second kappa shape index (κ2) is 8.11. The van der Waals surface area contributed by atoms with Crippen LogP contribution in [0.25, 0.3) is 0 Å². The summed E-state index contributed by atoms with van der Waals surface area (Å²) in [5.74, 6) is 0.524. The first-order chi connectivity index (χ1) is 10.5.